The van der Waals surface area contributed by atoms with E-state index in [2.05, 4.69) is 26.8 Å². The van der Waals surface area contributed by atoms with Crippen LogP contribution in [0.3, 0.4) is 0 Å². The molecule has 2 aromatic heterocycles. The summed E-state index contributed by atoms with van der Waals surface area (Å²) >= 11 is 0. The Balaban J connectivity index is 1.43. The summed E-state index contributed by atoms with van der Waals surface area (Å²) in [5, 5.41) is 3.79. The van der Waals surface area contributed by atoms with E-state index in [9.17, 15) is 13.2 Å². The molecule has 182 valence electrons. The molecule has 0 amide bonds. The van der Waals surface area contributed by atoms with Gasteiger partial charge in [0.2, 0.25) is 10.0 Å². The van der Waals surface area contributed by atoms with Crippen LogP contribution in [-0.4, -0.2) is 65.9 Å². The molecular weight excluding hydrogens is 452 g/mol. The number of hydrogen-bond acceptors (Lipinski definition) is 6. The predicted molar refractivity (Wildman–Crippen MR) is 130 cm³/mol. The van der Waals surface area contributed by atoms with Gasteiger partial charge >= 0.3 is 0 Å². The molecule has 4 rings (SSSR count). The molecule has 1 fully saturated rings. The van der Waals surface area contributed by atoms with Crippen LogP contribution >= 0.6 is 0 Å². The molecule has 0 bridgehead atoms. The van der Waals surface area contributed by atoms with Gasteiger partial charge in [0.1, 0.15) is 10.6 Å². The van der Waals surface area contributed by atoms with Crippen LogP contribution in [-0.2, 0) is 16.6 Å². The van der Waals surface area contributed by atoms with Crippen LogP contribution in [0.15, 0.2) is 45.8 Å². The van der Waals surface area contributed by atoms with E-state index in [1.165, 1.54) is 9.87 Å². The third-order valence-electron chi connectivity index (χ3n) is 6.54. The van der Waals surface area contributed by atoms with E-state index < -0.39 is 10.0 Å². The van der Waals surface area contributed by atoms with Gasteiger partial charge in [0.25, 0.3) is 0 Å². The number of carbonyl (C=O) groups is 1. The van der Waals surface area contributed by atoms with Gasteiger partial charge in [-0.25, -0.2) is 8.42 Å². The number of carbonyl (C=O) groups excluding carboxylic acids is 1. The van der Waals surface area contributed by atoms with Crippen LogP contribution in [0.25, 0.3) is 0 Å². The molecule has 0 spiro atoms. The first-order chi connectivity index (χ1) is 16.2. The topological polar surface area (TPSA) is 88.7 Å². The van der Waals surface area contributed by atoms with Crippen LogP contribution in [0.1, 0.15) is 45.2 Å². The fourth-order valence-corrected chi connectivity index (χ4v) is 6.46. The molecule has 0 radical (unpaired) electrons. The highest BCUT2D eigenvalue weighted by molar-refractivity contribution is 7.89. The standard InChI is InChI=1S/C25H32N4O4S/c1-18-15-23(20(3)29(18)16-22-9-6-5-7-10-22)24(30)17-27-11-8-12-28(14-13-27)34(31,32)25-19(2)26-33-21(25)4/h5-7,9-10,15H,8,11-14,16-17H2,1-4H3. The van der Waals surface area contributed by atoms with Gasteiger partial charge in [-0.1, -0.05) is 35.5 Å². The van der Waals surface area contributed by atoms with Gasteiger partial charge < -0.3 is 9.09 Å². The zero-order chi connectivity index (χ0) is 24.5. The zero-order valence-electron chi connectivity index (χ0n) is 20.2. The Morgan fingerprint density at radius 2 is 1.76 bits per heavy atom. The molecule has 9 heteroatoms. The SMILES string of the molecule is Cc1noc(C)c1S(=O)(=O)N1CCCN(CC(=O)c2cc(C)n(Cc3ccccc3)c2C)CC1. The second-order valence-corrected chi connectivity index (χ2v) is 10.8. The highest BCUT2D eigenvalue weighted by Gasteiger charge is 2.32. The van der Waals surface area contributed by atoms with E-state index in [0.717, 1.165) is 23.5 Å². The molecule has 1 aliphatic rings. The van der Waals surface area contributed by atoms with Crippen molar-refractivity contribution in [1.82, 2.24) is 18.9 Å². The van der Waals surface area contributed by atoms with Crippen molar-refractivity contribution in [1.29, 1.82) is 0 Å². The zero-order valence-corrected chi connectivity index (χ0v) is 21.1. The fourth-order valence-electron chi connectivity index (χ4n) is 4.70. The third kappa shape index (κ3) is 4.87. The molecule has 34 heavy (non-hydrogen) atoms. The van der Waals surface area contributed by atoms with Crippen LogP contribution in [0.2, 0.25) is 0 Å². The monoisotopic (exact) mass is 484 g/mol. The number of nitrogens with zero attached hydrogens (tertiary/aromatic N) is 4. The highest BCUT2D eigenvalue weighted by Crippen LogP contribution is 2.24. The molecule has 8 nitrogen and oxygen atoms in total. The summed E-state index contributed by atoms with van der Waals surface area (Å²) in [6.07, 6.45) is 0.656. The van der Waals surface area contributed by atoms with E-state index in [1.807, 2.05) is 38.1 Å². The Bertz CT molecular complexity index is 1260. The molecule has 1 saturated heterocycles. The first kappa shape index (κ1) is 24.4. The summed E-state index contributed by atoms with van der Waals surface area (Å²) in [7, 11) is -3.68. The molecule has 1 aliphatic heterocycles. The van der Waals surface area contributed by atoms with Crippen LogP contribution < -0.4 is 0 Å². The molecule has 0 unspecified atom stereocenters. The third-order valence-corrected chi connectivity index (χ3v) is 8.68. The number of benzene rings is 1. The van der Waals surface area contributed by atoms with Gasteiger partial charge in [0.05, 0.1) is 6.54 Å². The lowest BCUT2D eigenvalue weighted by Gasteiger charge is -2.21. The van der Waals surface area contributed by atoms with Crippen molar-refractivity contribution in [3.05, 3.63) is 70.4 Å². The van der Waals surface area contributed by atoms with E-state index in [1.54, 1.807) is 13.8 Å². The van der Waals surface area contributed by atoms with E-state index in [0.29, 0.717) is 44.1 Å². The van der Waals surface area contributed by atoms with Crippen LogP contribution in [0.5, 0.6) is 0 Å². The molecule has 0 aliphatic carbocycles. The molecule has 1 aromatic carbocycles. The van der Waals surface area contributed by atoms with Gasteiger partial charge in [0.15, 0.2) is 11.5 Å². The summed E-state index contributed by atoms with van der Waals surface area (Å²) in [5.41, 5.74) is 4.31. The molecule has 0 saturated carbocycles. The van der Waals surface area contributed by atoms with Gasteiger partial charge in [0, 0.05) is 43.1 Å². The number of hydrogen-bond donors (Lipinski definition) is 0. The number of aryl methyl sites for hydroxylation is 3. The van der Waals surface area contributed by atoms with Crippen molar-refractivity contribution < 1.29 is 17.7 Å². The summed E-state index contributed by atoms with van der Waals surface area (Å²) in [6.45, 7) is 10.2. The largest absolute Gasteiger partial charge is 0.360 e. The average Bonchev–Trinajstić information content (AvgIpc) is 3.16. The lowest BCUT2D eigenvalue weighted by molar-refractivity contribution is 0.0933. The lowest BCUT2D eigenvalue weighted by Crippen LogP contribution is -2.37. The molecule has 0 atom stereocenters. The minimum Gasteiger partial charge on any atom is -0.360 e. The lowest BCUT2D eigenvalue weighted by atomic mass is 10.1. The summed E-state index contributed by atoms with van der Waals surface area (Å²) in [6, 6.07) is 12.2. The quantitative estimate of drug-likeness (QED) is 0.478. The molecule has 3 heterocycles. The number of aromatic nitrogens is 2. The maximum absolute atomic E-state index is 13.2. The van der Waals surface area contributed by atoms with Crippen molar-refractivity contribution in [3.8, 4) is 0 Å². The van der Waals surface area contributed by atoms with Crippen molar-refractivity contribution >= 4 is 15.8 Å². The summed E-state index contributed by atoms with van der Waals surface area (Å²) < 4.78 is 35.1. The number of ketones is 1. The Labute approximate surface area is 201 Å². The van der Waals surface area contributed by atoms with E-state index in [-0.39, 0.29) is 17.2 Å². The second kappa shape index (κ2) is 9.85. The van der Waals surface area contributed by atoms with Gasteiger partial charge in [-0.05, 0) is 52.3 Å². The Morgan fingerprint density at radius 1 is 1.03 bits per heavy atom. The minimum atomic E-state index is -3.68. The Hall–Kier alpha value is -2.75. The molecule has 0 N–H and O–H groups in total. The first-order valence-electron chi connectivity index (χ1n) is 11.6. The number of Topliss-reactive ketones (excluding diaryl/α,β-unsaturated/α-hetero) is 1. The maximum atomic E-state index is 13.2. The van der Waals surface area contributed by atoms with Gasteiger partial charge in [-0.2, -0.15) is 4.31 Å². The van der Waals surface area contributed by atoms with Crippen molar-refractivity contribution in [2.45, 2.75) is 45.6 Å². The van der Waals surface area contributed by atoms with Crippen LogP contribution in [0.4, 0.5) is 0 Å². The average molecular weight is 485 g/mol. The normalized spacial score (nSPS) is 16.0. The smallest absolute Gasteiger partial charge is 0.248 e. The van der Waals surface area contributed by atoms with Gasteiger partial charge in [-0.15, -0.1) is 0 Å². The second-order valence-electron chi connectivity index (χ2n) is 8.97. The van der Waals surface area contributed by atoms with Crippen LogP contribution in [0, 0.1) is 27.7 Å². The fraction of sp³-hybridized carbons (Fsp3) is 0.440. The molecule has 3 aromatic rings. The highest BCUT2D eigenvalue weighted by atomic mass is 32.2. The van der Waals surface area contributed by atoms with E-state index >= 15 is 0 Å². The predicted octanol–water partition coefficient (Wildman–Crippen LogP) is 3.34. The Kier molecular flexibility index (Phi) is 7.06. The summed E-state index contributed by atoms with van der Waals surface area (Å²) in [5.74, 6) is 0.370. The molecular formula is C25H32N4O4S. The van der Waals surface area contributed by atoms with Crippen molar-refractivity contribution in [2.75, 3.05) is 32.7 Å². The Morgan fingerprint density at radius 3 is 2.44 bits per heavy atom. The van der Waals surface area contributed by atoms with Crippen molar-refractivity contribution in [3.63, 3.8) is 0 Å². The number of sulfonamides is 1. The first-order valence-corrected chi connectivity index (χ1v) is 13.0. The maximum Gasteiger partial charge on any atom is 0.248 e. The van der Waals surface area contributed by atoms with E-state index in [4.69, 9.17) is 4.52 Å². The minimum absolute atomic E-state index is 0.0643. The summed E-state index contributed by atoms with van der Waals surface area (Å²) in [4.78, 5) is 15.4. The van der Waals surface area contributed by atoms with Crippen molar-refractivity contribution in [2.24, 2.45) is 0 Å². The van der Waals surface area contributed by atoms with Gasteiger partial charge in [-0.3, -0.25) is 9.69 Å². The number of rotatable bonds is 7.